The molecule has 0 bridgehead atoms. The van der Waals surface area contributed by atoms with Crippen molar-refractivity contribution in [3.05, 3.63) is 66.0 Å². The van der Waals surface area contributed by atoms with Gasteiger partial charge in [0.25, 0.3) is 5.91 Å². The van der Waals surface area contributed by atoms with Gasteiger partial charge in [0.1, 0.15) is 5.75 Å². The van der Waals surface area contributed by atoms with Gasteiger partial charge in [-0.2, -0.15) is 0 Å². The maximum absolute atomic E-state index is 13.0. The highest BCUT2D eigenvalue weighted by molar-refractivity contribution is 6.04. The minimum Gasteiger partial charge on any atom is -0.497 e. The fourth-order valence-electron chi connectivity index (χ4n) is 3.20. The third-order valence-corrected chi connectivity index (χ3v) is 4.52. The fraction of sp³-hybridized carbons (Fsp3) is 0.200. The molecule has 0 atom stereocenters. The second kappa shape index (κ2) is 6.53. The van der Waals surface area contributed by atoms with Gasteiger partial charge in [0.05, 0.1) is 18.1 Å². The van der Waals surface area contributed by atoms with E-state index in [0.717, 1.165) is 41.9 Å². The highest BCUT2D eigenvalue weighted by Crippen LogP contribution is 2.29. The van der Waals surface area contributed by atoms with Gasteiger partial charge in [-0.1, -0.05) is 6.08 Å². The average molecular weight is 333 g/mol. The fourth-order valence-corrected chi connectivity index (χ4v) is 3.20. The summed E-state index contributed by atoms with van der Waals surface area (Å²) in [7, 11) is 1.61. The van der Waals surface area contributed by atoms with E-state index in [1.54, 1.807) is 42.1 Å². The molecule has 1 aromatic carbocycles. The van der Waals surface area contributed by atoms with Crippen LogP contribution in [0.15, 0.2) is 54.9 Å². The van der Waals surface area contributed by atoms with Gasteiger partial charge in [0.2, 0.25) is 0 Å². The van der Waals surface area contributed by atoms with Gasteiger partial charge in [0, 0.05) is 30.1 Å². The van der Waals surface area contributed by atoms with E-state index in [1.807, 2.05) is 18.3 Å². The number of pyridine rings is 1. The van der Waals surface area contributed by atoms with Crippen LogP contribution in [0.1, 0.15) is 22.3 Å². The maximum atomic E-state index is 13.0. The minimum atomic E-state index is -0.0681. The first kappa shape index (κ1) is 15.6. The Morgan fingerprint density at radius 3 is 2.80 bits per heavy atom. The highest BCUT2D eigenvalue weighted by atomic mass is 16.5. The number of carbonyl (C=O) groups excluding carboxylic acids is 1. The Hall–Kier alpha value is -2.92. The molecule has 25 heavy (non-hydrogen) atoms. The molecular formula is C20H19N3O2. The number of rotatable bonds is 3. The third-order valence-electron chi connectivity index (χ3n) is 4.52. The monoisotopic (exact) mass is 333 g/mol. The molecule has 0 saturated heterocycles. The lowest BCUT2D eigenvalue weighted by molar-refractivity contribution is 0.0965. The zero-order valence-electron chi connectivity index (χ0n) is 14.0. The van der Waals surface area contributed by atoms with E-state index < -0.39 is 0 Å². The summed E-state index contributed by atoms with van der Waals surface area (Å²) >= 11 is 0. The predicted molar refractivity (Wildman–Crippen MR) is 97.9 cm³/mol. The zero-order chi connectivity index (χ0) is 17.2. The SMILES string of the molecule is COc1ccc(C(=O)n2cc(C3=CCNCC3)c3ncccc32)cc1. The zero-order valence-corrected chi connectivity index (χ0v) is 14.0. The van der Waals surface area contributed by atoms with Crippen molar-refractivity contribution in [3.8, 4) is 5.75 Å². The first-order valence-corrected chi connectivity index (χ1v) is 8.33. The molecule has 0 amide bonds. The highest BCUT2D eigenvalue weighted by Gasteiger charge is 2.19. The molecule has 1 aliphatic heterocycles. The van der Waals surface area contributed by atoms with Gasteiger partial charge < -0.3 is 10.1 Å². The maximum Gasteiger partial charge on any atom is 0.262 e. The molecule has 0 saturated carbocycles. The Morgan fingerprint density at radius 2 is 2.08 bits per heavy atom. The summed E-state index contributed by atoms with van der Waals surface area (Å²) in [6.07, 6.45) is 6.80. The molecule has 0 radical (unpaired) electrons. The topological polar surface area (TPSA) is 56.1 Å². The van der Waals surface area contributed by atoms with Crippen molar-refractivity contribution < 1.29 is 9.53 Å². The van der Waals surface area contributed by atoms with Crippen LogP contribution in [-0.4, -0.2) is 35.7 Å². The first-order chi connectivity index (χ1) is 12.3. The number of fused-ring (bicyclic) bond motifs is 1. The Labute approximate surface area is 145 Å². The van der Waals surface area contributed by atoms with Crippen LogP contribution >= 0.6 is 0 Å². The number of nitrogens with one attached hydrogen (secondary N) is 1. The number of ether oxygens (including phenoxy) is 1. The third kappa shape index (κ3) is 2.83. The summed E-state index contributed by atoms with van der Waals surface area (Å²) in [4.78, 5) is 17.5. The van der Waals surface area contributed by atoms with Crippen molar-refractivity contribution in [2.24, 2.45) is 0 Å². The van der Waals surface area contributed by atoms with Gasteiger partial charge in [-0.3, -0.25) is 14.3 Å². The summed E-state index contributed by atoms with van der Waals surface area (Å²) < 4.78 is 6.86. The van der Waals surface area contributed by atoms with Crippen LogP contribution in [0.2, 0.25) is 0 Å². The first-order valence-electron chi connectivity index (χ1n) is 8.33. The van der Waals surface area contributed by atoms with Gasteiger partial charge in [-0.15, -0.1) is 0 Å². The molecule has 4 rings (SSSR count). The Balaban J connectivity index is 1.81. The molecular weight excluding hydrogens is 314 g/mol. The van der Waals surface area contributed by atoms with Crippen molar-refractivity contribution in [3.63, 3.8) is 0 Å². The van der Waals surface area contributed by atoms with E-state index in [0.29, 0.717) is 5.56 Å². The van der Waals surface area contributed by atoms with E-state index in [1.165, 1.54) is 5.57 Å². The molecule has 126 valence electrons. The van der Waals surface area contributed by atoms with Crippen molar-refractivity contribution in [2.75, 3.05) is 20.2 Å². The second-order valence-corrected chi connectivity index (χ2v) is 6.00. The molecule has 0 unspecified atom stereocenters. The smallest absolute Gasteiger partial charge is 0.262 e. The molecule has 5 heteroatoms. The second-order valence-electron chi connectivity index (χ2n) is 6.00. The lowest BCUT2D eigenvalue weighted by Crippen LogP contribution is -2.20. The quantitative estimate of drug-likeness (QED) is 0.800. The van der Waals surface area contributed by atoms with Crippen LogP contribution in [0.3, 0.4) is 0 Å². The lowest BCUT2D eigenvalue weighted by Gasteiger charge is -2.12. The Bertz CT molecular complexity index is 955. The molecule has 0 aliphatic carbocycles. The Morgan fingerprint density at radius 1 is 1.24 bits per heavy atom. The number of nitrogens with zero attached hydrogens (tertiary/aromatic N) is 2. The van der Waals surface area contributed by atoms with E-state index in [2.05, 4.69) is 16.4 Å². The van der Waals surface area contributed by atoms with E-state index in [-0.39, 0.29) is 5.91 Å². The van der Waals surface area contributed by atoms with Crippen molar-refractivity contribution in [2.45, 2.75) is 6.42 Å². The molecule has 1 N–H and O–H groups in total. The summed E-state index contributed by atoms with van der Waals surface area (Å²) in [6.45, 7) is 1.79. The summed E-state index contributed by atoms with van der Waals surface area (Å²) in [5, 5.41) is 3.32. The number of benzene rings is 1. The van der Waals surface area contributed by atoms with Crippen molar-refractivity contribution >= 4 is 22.5 Å². The number of carbonyl (C=O) groups is 1. The summed E-state index contributed by atoms with van der Waals surface area (Å²) in [5.74, 6) is 0.664. The lowest BCUT2D eigenvalue weighted by atomic mass is 10.0. The van der Waals surface area contributed by atoms with E-state index >= 15 is 0 Å². The standard InChI is InChI=1S/C20H19N3O2/c1-25-16-6-4-15(5-7-16)20(24)23-13-17(14-8-11-21-12-9-14)19-18(23)3-2-10-22-19/h2-8,10,13,21H,9,11-12H2,1H3. The van der Waals surface area contributed by atoms with Crippen molar-refractivity contribution in [1.82, 2.24) is 14.9 Å². The molecule has 0 fully saturated rings. The van der Waals surface area contributed by atoms with Gasteiger partial charge in [0.15, 0.2) is 0 Å². The Kier molecular flexibility index (Phi) is 4.07. The van der Waals surface area contributed by atoms with Crippen LogP contribution in [0, 0.1) is 0 Å². The van der Waals surface area contributed by atoms with Crippen LogP contribution in [0.25, 0.3) is 16.6 Å². The minimum absolute atomic E-state index is 0.0681. The number of methoxy groups -OCH3 is 1. The van der Waals surface area contributed by atoms with Gasteiger partial charge in [-0.25, -0.2) is 0 Å². The van der Waals surface area contributed by atoms with Crippen LogP contribution < -0.4 is 10.1 Å². The van der Waals surface area contributed by atoms with Crippen LogP contribution in [-0.2, 0) is 0 Å². The molecule has 3 aromatic rings. The van der Waals surface area contributed by atoms with Gasteiger partial charge in [-0.05, 0) is 54.9 Å². The van der Waals surface area contributed by atoms with E-state index in [4.69, 9.17) is 4.74 Å². The summed E-state index contributed by atoms with van der Waals surface area (Å²) in [6, 6.07) is 11.0. The largest absolute Gasteiger partial charge is 0.497 e. The van der Waals surface area contributed by atoms with Crippen LogP contribution in [0.4, 0.5) is 0 Å². The summed E-state index contributed by atoms with van der Waals surface area (Å²) in [5.41, 5.74) is 4.60. The van der Waals surface area contributed by atoms with Gasteiger partial charge >= 0.3 is 0 Å². The number of hydrogen-bond acceptors (Lipinski definition) is 4. The average Bonchev–Trinajstić information content (AvgIpc) is 3.08. The molecule has 1 aliphatic rings. The molecule has 5 nitrogen and oxygen atoms in total. The van der Waals surface area contributed by atoms with E-state index in [9.17, 15) is 4.79 Å². The molecule has 3 heterocycles. The number of hydrogen-bond donors (Lipinski definition) is 1. The number of aromatic nitrogens is 2. The predicted octanol–water partition coefficient (Wildman–Crippen LogP) is 3.11. The van der Waals surface area contributed by atoms with Crippen molar-refractivity contribution in [1.29, 1.82) is 0 Å². The molecule has 2 aromatic heterocycles. The van der Waals surface area contributed by atoms with Crippen LogP contribution in [0.5, 0.6) is 5.75 Å². The molecule has 0 spiro atoms. The normalized spacial score (nSPS) is 14.4.